The van der Waals surface area contributed by atoms with Gasteiger partial charge in [0.25, 0.3) is 0 Å². The molecule has 1 saturated carbocycles. The lowest BCUT2D eigenvalue weighted by molar-refractivity contribution is -0.105. The molecule has 1 aliphatic heterocycles. The van der Waals surface area contributed by atoms with Gasteiger partial charge in [0.15, 0.2) is 11.6 Å². The average Bonchev–Trinajstić information content (AvgIpc) is 3.24. The molecule has 1 amide bonds. The number of pyridine rings is 1. The maximum atomic E-state index is 12.1. The molecular formula is C24H25ClFN9O. The number of aromatic amines is 1. The Balaban J connectivity index is 0.000000214. The summed E-state index contributed by atoms with van der Waals surface area (Å²) in [4.78, 5) is 20.0. The summed E-state index contributed by atoms with van der Waals surface area (Å²) in [5.41, 5.74) is 2.61. The first-order valence-electron chi connectivity index (χ1n) is 11.3. The van der Waals surface area contributed by atoms with Gasteiger partial charge in [-0.05, 0) is 43.5 Å². The highest BCUT2D eigenvalue weighted by Gasteiger charge is 2.26. The van der Waals surface area contributed by atoms with E-state index in [1.807, 2.05) is 22.8 Å². The summed E-state index contributed by atoms with van der Waals surface area (Å²) >= 11 is 6.23. The van der Waals surface area contributed by atoms with E-state index in [0.717, 1.165) is 36.7 Å². The smallest absolute Gasteiger partial charge is 0.245 e. The van der Waals surface area contributed by atoms with Gasteiger partial charge in [-0.15, -0.1) is 29.5 Å². The number of alkyl halides is 1. The van der Waals surface area contributed by atoms with Crippen molar-refractivity contribution in [3.63, 3.8) is 0 Å². The number of terminal acetylenes is 1. The molecule has 2 aliphatic rings. The molecule has 1 aliphatic carbocycles. The number of hydrogen-bond donors (Lipinski definition) is 3. The minimum absolute atomic E-state index is 0.165. The van der Waals surface area contributed by atoms with Crippen LogP contribution in [-0.4, -0.2) is 54.7 Å². The lowest BCUT2D eigenvalue weighted by atomic mass is 10.3. The second-order valence-electron chi connectivity index (χ2n) is 8.17. The molecular weight excluding hydrogens is 485 g/mol. The molecule has 1 atom stereocenters. The van der Waals surface area contributed by atoms with Crippen molar-refractivity contribution in [3.05, 3.63) is 54.4 Å². The second-order valence-corrected chi connectivity index (χ2v) is 8.79. The van der Waals surface area contributed by atoms with Gasteiger partial charge < -0.3 is 15.5 Å². The first kappa shape index (κ1) is 24.9. The van der Waals surface area contributed by atoms with Crippen molar-refractivity contribution in [3.8, 4) is 12.8 Å². The molecule has 5 heterocycles. The molecule has 2 fully saturated rings. The fraction of sp³-hybridized carbons (Fsp3) is 0.292. The monoisotopic (exact) mass is 509 g/mol. The number of amides is 1. The molecule has 0 bridgehead atoms. The van der Waals surface area contributed by atoms with E-state index >= 15 is 0 Å². The number of H-pyrrole nitrogens is 1. The van der Waals surface area contributed by atoms with Gasteiger partial charge in [0, 0.05) is 37.0 Å². The van der Waals surface area contributed by atoms with Gasteiger partial charge in [-0.25, -0.2) is 9.50 Å². The van der Waals surface area contributed by atoms with Crippen LogP contribution in [0.2, 0.25) is 0 Å². The van der Waals surface area contributed by atoms with Crippen molar-refractivity contribution < 1.29 is 9.18 Å². The van der Waals surface area contributed by atoms with Gasteiger partial charge in [-0.2, -0.15) is 14.5 Å². The standard InChI is InChI=1S/C16H18ClN7.C6H5FN2O.C2H2/c17-11-5-7-23(9-11)16-19-15(13-2-1-6-24(13)22-16)18-14-8-12(20-21-14)10-3-4-10;7-6-2-1-5(3-8-6)9-4-10;1-2/h1-2,6,8,10-11H,3-5,7,9H2,(H2,18,19,20,21,22);1-4H,(H,9,10);1-2H/t11-;;/m1../s1. The molecule has 0 radical (unpaired) electrons. The number of fused-ring (bicyclic) bond motifs is 1. The van der Waals surface area contributed by atoms with Crippen LogP contribution in [0.25, 0.3) is 5.52 Å². The van der Waals surface area contributed by atoms with Crippen molar-refractivity contribution >= 4 is 46.8 Å². The van der Waals surface area contributed by atoms with Gasteiger partial charge in [-0.1, -0.05) is 0 Å². The molecule has 6 rings (SSSR count). The van der Waals surface area contributed by atoms with Gasteiger partial charge in [-0.3, -0.25) is 9.89 Å². The SMILES string of the molecule is C#C.Cl[C@@H]1CCN(c2nc(Nc3cc(C4CC4)[nH]n3)c3cccn3n2)C1.O=CNc1ccc(F)nc1. The Morgan fingerprint density at radius 3 is 2.72 bits per heavy atom. The third-order valence-electron chi connectivity index (χ3n) is 5.61. The zero-order valence-electron chi connectivity index (χ0n) is 19.3. The van der Waals surface area contributed by atoms with E-state index in [0.29, 0.717) is 24.0 Å². The second kappa shape index (κ2) is 11.5. The van der Waals surface area contributed by atoms with Crippen molar-refractivity contribution in [2.75, 3.05) is 28.6 Å². The predicted octanol–water partition coefficient (Wildman–Crippen LogP) is 3.93. The molecule has 36 heavy (non-hydrogen) atoms. The van der Waals surface area contributed by atoms with E-state index in [2.05, 4.69) is 54.7 Å². The number of carbonyl (C=O) groups excluding carboxylic acids is 1. The summed E-state index contributed by atoms with van der Waals surface area (Å²) in [5.74, 6) is 2.34. The number of nitrogens with one attached hydrogen (secondary N) is 3. The Labute approximate surface area is 212 Å². The largest absolute Gasteiger partial charge is 0.338 e. The third kappa shape index (κ3) is 6.09. The minimum atomic E-state index is -0.559. The fourth-order valence-corrected chi connectivity index (χ4v) is 3.97. The number of nitrogens with zero attached hydrogens (tertiary/aromatic N) is 6. The molecule has 0 spiro atoms. The number of anilines is 4. The van der Waals surface area contributed by atoms with E-state index in [4.69, 9.17) is 16.6 Å². The molecule has 0 aromatic carbocycles. The Morgan fingerprint density at radius 1 is 1.22 bits per heavy atom. The quantitative estimate of drug-likeness (QED) is 0.156. The van der Waals surface area contributed by atoms with Crippen molar-refractivity contribution in [1.82, 2.24) is 29.8 Å². The van der Waals surface area contributed by atoms with Crippen molar-refractivity contribution in [1.29, 1.82) is 0 Å². The topological polar surface area (TPSA) is 116 Å². The van der Waals surface area contributed by atoms with E-state index in [9.17, 15) is 9.18 Å². The highest BCUT2D eigenvalue weighted by atomic mass is 35.5. The molecule has 0 unspecified atom stereocenters. The zero-order valence-corrected chi connectivity index (χ0v) is 20.1. The Hall–Kier alpha value is -4.17. The van der Waals surface area contributed by atoms with E-state index in [1.54, 1.807) is 0 Å². The molecule has 3 N–H and O–H groups in total. The molecule has 4 aromatic rings. The zero-order chi connectivity index (χ0) is 25.5. The highest BCUT2D eigenvalue weighted by molar-refractivity contribution is 6.21. The normalized spacial score (nSPS) is 16.4. The molecule has 10 nitrogen and oxygen atoms in total. The summed E-state index contributed by atoms with van der Waals surface area (Å²) < 4.78 is 13.9. The summed E-state index contributed by atoms with van der Waals surface area (Å²) in [6.45, 7) is 1.66. The van der Waals surface area contributed by atoms with E-state index in [1.165, 1.54) is 36.9 Å². The number of hydrogen-bond acceptors (Lipinski definition) is 7. The van der Waals surface area contributed by atoms with Gasteiger partial charge in [0.1, 0.15) is 5.52 Å². The predicted molar refractivity (Wildman–Crippen MR) is 137 cm³/mol. The first-order valence-corrected chi connectivity index (χ1v) is 11.7. The minimum Gasteiger partial charge on any atom is -0.338 e. The van der Waals surface area contributed by atoms with Gasteiger partial charge in [0.2, 0.25) is 18.3 Å². The average molecular weight is 510 g/mol. The maximum absolute atomic E-state index is 12.1. The Bertz CT molecular complexity index is 1320. The van der Waals surface area contributed by atoms with Crippen LogP contribution in [0.3, 0.4) is 0 Å². The van der Waals surface area contributed by atoms with Crippen LogP contribution in [0.4, 0.5) is 27.7 Å². The van der Waals surface area contributed by atoms with Crippen LogP contribution in [-0.2, 0) is 4.79 Å². The molecule has 186 valence electrons. The molecule has 1 saturated heterocycles. The maximum Gasteiger partial charge on any atom is 0.245 e. The highest BCUT2D eigenvalue weighted by Crippen LogP contribution is 2.39. The summed E-state index contributed by atoms with van der Waals surface area (Å²) in [6.07, 6.45) is 15.1. The van der Waals surface area contributed by atoms with Gasteiger partial charge in [0.05, 0.1) is 17.3 Å². The van der Waals surface area contributed by atoms with Crippen LogP contribution < -0.4 is 15.5 Å². The van der Waals surface area contributed by atoms with Crippen LogP contribution in [0.1, 0.15) is 30.9 Å². The van der Waals surface area contributed by atoms with Crippen LogP contribution in [0.5, 0.6) is 0 Å². The van der Waals surface area contributed by atoms with Crippen LogP contribution in [0.15, 0.2) is 42.7 Å². The molecule has 4 aromatic heterocycles. The first-order chi connectivity index (χ1) is 17.6. The van der Waals surface area contributed by atoms with Gasteiger partial charge >= 0.3 is 0 Å². The number of aromatic nitrogens is 6. The van der Waals surface area contributed by atoms with Crippen molar-refractivity contribution in [2.24, 2.45) is 0 Å². The Kier molecular flexibility index (Phi) is 7.97. The fourth-order valence-electron chi connectivity index (χ4n) is 3.70. The Morgan fingerprint density at radius 2 is 2.06 bits per heavy atom. The summed E-state index contributed by atoms with van der Waals surface area (Å²) in [7, 11) is 0. The van der Waals surface area contributed by atoms with E-state index < -0.39 is 5.95 Å². The number of carbonyl (C=O) groups is 1. The summed E-state index contributed by atoms with van der Waals surface area (Å²) in [6, 6.07) is 8.63. The number of rotatable bonds is 6. The van der Waals surface area contributed by atoms with Crippen molar-refractivity contribution in [2.45, 2.75) is 30.6 Å². The van der Waals surface area contributed by atoms with Crippen LogP contribution >= 0.6 is 11.6 Å². The van der Waals surface area contributed by atoms with E-state index in [-0.39, 0.29) is 5.38 Å². The van der Waals surface area contributed by atoms with Crippen LogP contribution in [0, 0.1) is 18.8 Å². The lowest BCUT2D eigenvalue weighted by Crippen LogP contribution is -2.23. The number of halogens is 2. The summed E-state index contributed by atoms with van der Waals surface area (Å²) in [5, 5.41) is 17.9. The lowest BCUT2D eigenvalue weighted by Gasteiger charge is -2.16. The third-order valence-corrected chi connectivity index (χ3v) is 5.96. The molecule has 12 heteroatoms.